The molecule has 0 spiro atoms. The lowest BCUT2D eigenvalue weighted by molar-refractivity contribution is -0.141. The number of aliphatic carboxylic acids is 1. The van der Waals surface area contributed by atoms with Crippen molar-refractivity contribution in [2.75, 3.05) is 19.7 Å². The van der Waals surface area contributed by atoms with Crippen molar-refractivity contribution >= 4 is 11.9 Å². The van der Waals surface area contributed by atoms with E-state index in [9.17, 15) is 9.59 Å². The fraction of sp³-hybridized carbons (Fsp3) is 0.294. The molecule has 3 rings (SSSR count). The summed E-state index contributed by atoms with van der Waals surface area (Å²) in [6, 6.07) is 6.75. The molecule has 0 saturated carbocycles. The van der Waals surface area contributed by atoms with Crippen LogP contribution < -0.4 is 4.74 Å². The Bertz CT molecular complexity index is 753. The topological polar surface area (TPSA) is 102 Å². The largest absolute Gasteiger partial charge is 0.481 e. The maximum Gasteiger partial charge on any atom is 0.306 e. The minimum Gasteiger partial charge on any atom is -0.481 e. The van der Waals surface area contributed by atoms with Gasteiger partial charge in [-0.15, -0.1) is 0 Å². The van der Waals surface area contributed by atoms with E-state index in [1.807, 2.05) is 0 Å². The molecule has 1 aliphatic rings. The molecular formula is C17H17N3O5. The molecule has 1 atom stereocenters. The van der Waals surface area contributed by atoms with Gasteiger partial charge in [-0.25, -0.2) is 4.98 Å². The van der Waals surface area contributed by atoms with Crippen molar-refractivity contribution < 1.29 is 24.2 Å². The number of hydrogen-bond donors (Lipinski definition) is 1. The van der Waals surface area contributed by atoms with Crippen molar-refractivity contribution in [2.24, 2.45) is 0 Å². The summed E-state index contributed by atoms with van der Waals surface area (Å²) in [7, 11) is 0. The van der Waals surface area contributed by atoms with Crippen LogP contribution in [0.2, 0.25) is 0 Å². The molecule has 8 nitrogen and oxygen atoms in total. The van der Waals surface area contributed by atoms with Gasteiger partial charge >= 0.3 is 5.97 Å². The van der Waals surface area contributed by atoms with Crippen molar-refractivity contribution in [3.63, 3.8) is 0 Å². The fourth-order valence-electron chi connectivity index (χ4n) is 2.56. The van der Waals surface area contributed by atoms with Gasteiger partial charge < -0.3 is 19.5 Å². The molecule has 130 valence electrons. The van der Waals surface area contributed by atoms with Gasteiger partial charge in [-0.3, -0.25) is 14.6 Å². The van der Waals surface area contributed by atoms with E-state index in [0.717, 1.165) is 0 Å². The van der Waals surface area contributed by atoms with Gasteiger partial charge in [0.1, 0.15) is 5.75 Å². The highest BCUT2D eigenvalue weighted by molar-refractivity contribution is 5.94. The molecular weight excluding hydrogens is 326 g/mol. The first-order valence-corrected chi connectivity index (χ1v) is 7.78. The number of carbonyl (C=O) groups excluding carboxylic acids is 1. The maximum absolute atomic E-state index is 12.7. The van der Waals surface area contributed by atoms with Gasteiger partial charge in [0.25, 0.3) is 5.91 Å². The number of carbonyl (C=O) groups is 2. The van der Waals surface area contributed by atoms with Gasteiger partial charge in [0.05, 0.1) is 25.3 Å². The molecule has 1 aliphatic heterocycles. The minimum absolute atomic E-state index is 0.125. The maximum atomic E-state index is 12.7. The molecule has 2 heterocycles. The van der Waals surface area contributed by atoms with Crippen LogP contribution in [-0.4, -0.2) is 57.7 Å². The normalized spacial score (nSPS) is 17.1. The first kappa shape index (κ1) is 16.8. The summed E-state index contributed by atoms with van der Waals surface area (Å²) in [4.78, 5) is 33.0. The smallest absolute Gasteiger partial charge is 0.306 e. The molecule has 0 bridgehead atoms. The molecule has 2 aromatic rings. The summed E-state index contributed by atoms with van der Waals surface area (Å²) >= 11 is 0. The van der Waals surface area contributed by atoms with Crippen LogP contribution in [0.4, 0.5) is 0 Å². The van der Waals surface area contributed by atoms with Crippen LogP contribution >= 0.6 is 0 Å². The lowest BCUT2D eigenvalue weighted by atomic mass is 10.1. The quantitative estimate of drug-likeness (QED) is 0.879. The average molecular weight is 343 g/mol. The van der Waals surface area contributed by atoms with E-state index in [1.54, 1.807) is 35.4 Å². The van der Waals surface area contributed by atoms with E-state index in [-0.39, 0.29) is 18.9 Å². The Kier molecular flexibility index (Phi) is 5.20. The van der Waals surface area contributed by atoms with Crippen LogP contribution in [0, 0.1) is 0 Å². The molecule has 1 N–H and O–H groups in total. The first-order valence-electron chi connectivity index (χ1n) is 7.78. The zero-order valence-electron chi connectivity index (χ0n) is 13.4. The number of hydrogen-bond acceptors (Lipinski definition) is 6. The van der Waals surface area contributed by atoms with E-state index in [4.69, 9.17) is 14.6 Å². The molecule has 1 aromatic heterocycles. The van der Waals surface area contributed by atoms with Gasteiger partial charge in [-0.05, 0) is 18.2 Å². The summed E-state index contributed by atoms with van der Waals surface area (Å²) in [5.41, 5.74) is 0.456. The van der Waals surface area contributed by atoms with Gasteiger partial charge in [-0.2, -0.15) is 0 Å². The average Bonchev–Trinajstić information content (AvgIpc) is 2.62. The molecule has 25 heavy (non-hydrogen) atoms. The predicted octanol–water partition coefficient (Wildman–Crippen LogP) is 1.58. The molecule has 1 aromatic carbocycles. The molecule has 0 aliphatic carbocycles. The van der Waals surface area contributed by atoms with E-state index < -0.39 is 12.1 Å². The second-order valence-corrected chi connectivity index (χ2v) is 5.52. The summed E-state index contributed by atoms with van der Waals surface area (Å²) < 4.78 is 11.0. The van der Waals surface area contributed by atoms with Crippen molar-refractivity contribution in [2.45, 2.75) is 12.5 Å². The molecule has 1 saturated heterocycles. The zero-order valence-corrected chi connectivity index (χ0v) is 13.4. The highest BCUT2D eigenvalue weighted by Gasteiger charge is 2.26. The molecule has 1 fully saturated rings. The molecule has 1 amide bonds. The number of rotatable bonds is 5. The van der Waals surface area contributed by atoms with E-state index in [0.29, 0.717) is 30.3 Å². The Morgan fingerprint density at radius 1 is 1.36 bits per heavy atom. The Hall–Kier alpha value is -3.00. The van der Waals surface area contributed by atoms with Crippen LogP contribution in [0.1, 0.15) is 16.8 Å². The summed E-state index contributed by atoms with van der Waals surface area (Å²) in [5, 5.41) is 8.87. The van der Waals surface area contributed by atoms with Crippen LogP contribution in [0.25, 0.3) is 0 Å². The first-order chi connectivity index (χ1) is 12.1. The number of benzene rings is 1. The Morgan fingerprint density at radius 2 is 2.24 bits per heavy atom. The third-order valence-electron chi connectivity index (χ3n) is 3.67. The van der Waals surface area contributed by atoms with Crippen molar-refractivity contribution in [1.82, 2.24) is 14.9 Å². The van der Waals surface area contributed by atoms with Gasteiger partial charge in [-0.1, -0.05) is 6.07 Å². The monoisotopic (exact) mass is 343 g/mol. The van der Waals surface area contributed by atoms with Crippen LogP contribution in [-0.2, 0) is 9.53 Å². The lowest BCUT2D eigenvalue weighted by Crippen LogP contribution is -2.46. The second-order valence-electron chi connectivity index (χ2n) is 5.52. The fourth-order valence-corrected chi connectivity index (χ4v) is 2.56. The number of carboxylic acid groups (broad SMARTS) is 1. The van der Waals surface area contributed by atoms with Gasteiger partial charge in [0.15, 0.2) is 0 Å². The molecule has 1 unspecified atom stereocenters. The Labute approximate surface area is 144 Å². The van der Waals surface area contributed by atoms with Gasteiger partial charge in [0.2, 0.25) is 5.88 Å². The number of ether oxygens (including phenoxy) is 2. The van der Waals surface area contributed by atoms with Crippen molar-refractivity contribution in [3.05, 3.63) is 48.4 Å². The second kappa shape index (κ2) is 7.71. The number of nitrogens with zero attached hydrogens (tertiary/aromatic N) is 3. The molecule has 8 heteroatoms. The number of carboxylic acids is 1. The third-order valence-corrected chi connectivity index (χ3v) is 3.67. The van der Waals surface area contributed by atoms with E-state index in [2.05, 4.69) is 9.97 Å². The van der Waals surface area contributed by atoms with Crippen LogP contribution in [0.15, 0.2) is 42.9 Å². The lowest BCUT2D eigenvalue weighted by Gasteiger charge is -2.32. The zero-order chi connectivity index (χ0) is 17.6. The Morgan fingerprint density at radius 3 is 3.00 bits per heavy atom. The number of amides is 1. The van der Waals surface area contributed by atoms with Gasteiger partial charge in [0, 0.05) is 31.0 Å². The van der Waals surface area contributed by atoms with Crippen molar-refractivity contribution in [1.29, 1.82) is 0 Å². The van der Waals surface area contributed by atoms with Crippen LogP contribution in [0.3, 0.4) is 0 Å². The minimum atomic E-state index is -0.946. The number of aromatic nitrogens is 2. The highest BCUT2D eigenvalue weighted by Crippen LogP contribution is 2.21. The number of morpholine rings is 1. The molecule has 0 radical (unpaired) electrons. The summed E-state index contributed by atoms with van der Waals surface area (Å²) in [6.45, 7) is 0.990. The summed E-state index contributed by atoms with van der Waals surface area (Å²) in [6.07, 6.45) is 3.92. The highest BCUT2D eigenvalue weighted by atomic mass is 16.5. The Balaban J connectivity index is 1.69. The van der Waals surface area contributed by atoms with E-state index in [1.165, 1.54) is 12.4 Å². The van der Waals surface area contributed by atoms with Crippen molar-refractivity contribution in [3.8, 4) is 11.6 Å². The summed E-state index contributed by atoms with van der Waals surface area (Å²) in [5.74, 6) is -0.330. The third kappa shape index (κ3) is 4.51. The van der Waals surface area contributed by atoms with E-state index >= 15 is 0 Å². The SMILES string of the molecule is O=C(O)CC1CN(C(=O)c2cccc(Oc3cnccn3)c2)CCO1. The van der Waals surface area contributed by atoms with Crippen LogP contribution in [0.5, 0.6) is 11.6 Å². The standard InChI is InChI=1S/C17H17N3O5/c21-16(22)9-14-11-20(6-7-24-14)17(23)12-2-1-3-13(8-12)25-15-10-18-4-5-19-15/h1-5,8,10,14H,6-7,9,11H2,(H,21,22). The predicted molar refractivity (Wildman–Crippen MR) is 86.4 cm³/mol.